The second-order valence-electron chi connectivity index (χ2n) is 5.66. The molecule has 3 atom stereocenters. The Morgan fingerprint density at radius 1 is 1.30 bits per heavy atom. The van der Waals surface area contributed by atoms with Crippen molar-refractivity contribution >= 4 is 5.84 Å². The highest BCUT2D eigenvalue weighted by atomic mass is 16.5. The molecule has 3 N–H and O–H groups in total. The average molecular weight is 275 g/mol. The van der Waals surface area contributed by atoms with Gasteiger partial charge in [-0.1, -0.05) is 35.5 Å². The van der Waals surface area contributed by atoms with E-state index >= 15 is 0 Å². The summed E-state index contributed by atoms with van der Waals surface area (Å²) in [6, 6.07) is 9.99. The molecule has 5 heteroatoms. The van der Waals surface area contributed by atoms with Gasteiger partial charge in [-0.15, -0.1) is 0 Å². The molecule has 1 aromatic rings. The van der Waals surface area contributed by atoms with Crippen LogP contribution < -0.4 is 5.73 Å². The molecule has 0 amide bonds. The summed E-state index contributed by atoms with van der Waals surface area (Å²) in [5.41, 5.74) is 6.98. The maximum absolute atomic E-state index is 9.03. The van der Waals surface area contributed by atoms with E-state index < -0.39 is 0 Å². The number of benzene rings is 1. The summed E-state index contributed by atoms with van der Waals surface area (Å²) < 4.78 is 5.85. The lowest BCUT2D eigenvalue weighted by Crippen LogP contribution is -2.45. The van der Waals surface area contributed by atoms with E-state index in [4.69, 9.17) is 15.7 Å². The Bertz CT molecular complexity index is 465. The third kappa shape index (κ3) is 2.78. The number of likely N-dealkylation sites (tertiary alicyclic amines) is 1. The van der Waals surface area contributed by atoms with Gasteiger partial charge in [0.05, 0.1) is 18.1 Å². The van der Waals surface area contributed by atoms with Crippen LogP contribution in [0.25, 0.3) is 0 Å². The molecule has 3 rings (SSSR count). The minimum absolute atomic E-state index is 0.0706. The highest BCUT2D eigenvalue weighted by molar-refractivity contribution is 5.87. The standard InChI is InChI=1S/C15H21N3O2/c16-15(17-19)14(11-4-2-1-3-5-11)10-18-8-12-6-7-13(9-18)20-12/h1-5,12-14,19H,6-10H2,(H2,16,17). The first-order chi connectivity index (χ1) is 9.76. The van der Waals surface area contributed by atoms with E-state index in [2.05, 4.69) is 10.1 Å². The molecular weight excluding hydrogens is 254 g/mol. The summed E-state index contributed by atoms with van der Waals surface area (Å²) in [5, 5.41) is 12.3. The zero-order valence-electron chi connectivity index (χ0n) is 11.5. The average Bonchev–Trinajstić information content (AvgIpc) is 2.84. The Labute approximate surface area is 119 Å². The zero-order chi connectivity index (χ0) is 13.9. The summed E-state index contributed by atoms with van der Waals surface area (Å²) in [7, 11) is 0. The smallest absolute Gasteiger partial charge is 0.147 e. The molecule has 2 aliphatic rings. The van der Waals surface area contributed by atoms with Crippen LogP contribution in [0, 0.1) is 0 Å². The fourth-order valence-electron chi connectivity index (χ4n) is 3.23. The summed E-state index contributed by atoms with van der Waals surface area (Å²) in [5.74, 6) is 0.203. The highest BCUT2D eigenvalue weighted by Crippen LogP contribution is 2.28. The second-order valence-corrected chi connectivity index (χ2v) is 5.66. The Hall–Kier alpha value is -1.59. The van der Waals surface area contributed by atoms with Crippen molar-refractivity contribution in [3.63, 3.8) is 0 Å². The molecule has 3 unspecified atom stereocenters. The first-order valence-electron chi connectivity index (χ1n) is 7.16. The van der Waals surface area contributed by atoms with Gasteiger partial charge in [0, 0.05) is 19.6 Å². The van der Waals surface area contributed by atoms with E-state index in [1.54, 1.807) is 0 Å². The normalized spacial score (nSPS) is 28.5. The lowest BCUT2D eigenvalue weighted by Gasteiger charge is -2.34. The summed E-state index contributed by atoms with van der Waals surface area (Å²) >= 11 is 0. The van der Waals surface area contributed by atoms with Crippen LogP contribution in [0.15, 0.2) is 35.5 Å². The Kier molecular flexibility index (Phi) is 3.89. The Morgan fingerprint density at radius 3 is 2.55 bits per heavy atom. The molecule has 0 saturated carbocycles. The number of nitrogens with zero attached hydrogens (tertiary/aromatic N) is 2. The van der Waals surface area contributed by atoms with Crippen molar-refractivity contribution in [2.75, 3.05) is 19.6 Å². The molecule has 0 aromatic heterocycles. The molecule has 2 heterocycles. The molecule has 2 saturated heterocycles. The molecule has 1 aromatic carbocycles. The van der Waals surface area contributed by atoms with Crippen LogP contribution in [0.5, 0.6) is 0 Å². The van der Waals surface area contributed by atoms with Gasteiger partial charge in [0.25, 0.3) is 0 Å². The molecule has 2 fully saturated rings. The van der Waals surface area contributed by atoms with E-state index in [-0.39, 0.29) is 11.8 Å². The van der Waals surface area contributed by atoms with Gasteiger partial charge in [0.15, 0.2) is 0 Å². The fraction of sp³-hybridized carbons (Fsp3) is 0.533. The summed E-state index contributed by atoms with van der Waals surface area (Å²) in [6.45, 7) is 2.66. The molecule has 2 bridgehead atoms. The number of hydrogen-bond acceptors (Lipinski definition) is 4. The van der Waals surface area contributed by atoms with Crippen LogP contribution in [0.4, 0.5) is 0 Å². The molecule has 0 aliphatic carbocycles. The molecule has 0 radical (unpaired) electrons. The molecule has 5 nitrogen and oxygen atoms in total. The maximum atomic E-state index is 9.03. The number of oxime groups is 1. The summed E-state index contributed by atoms with van der Waals surface area (Å²) in [6.07, 6.45) is 3.02. The van der Waals surface area contributed by atoms with Crippen LogP contribution >= 0.6 is 0 Å². The number of nitrogens with two attached hydrogens (primary N) is 1. The van der Waals surface area contributed by atoms with E-state index in [0.717, 1.165) is 38.0 Å². The lowest BCUT2D eigenvalue weighted by molar-refractivity contribution is -0.0384. The van der Waals surface area contributed by atoms with Gasteiger partial charge in [-0.2, -0.15) is 0 Å². The van der Waals surface area contributed by atoms with Gasteiger partial charge in [-0.05, 0) is 18.4 Å². The quantitative estimate of drug-likeness (QED) is 0.377. The Balaban J connectivity index is 1.74. The summed E-state index contributed by atoms with van der Waals surface area (Å²) in [4.78, 5) is 2.38. The molecule has 20 heavy (non-hydrogen) atoms. The zero-order valence-corrected chi connectivity index (χ0v) is 11.5. The van der Waals surface area contributed by atoms with Crippen molar-refractivity contribution in [1.29, 1.82) is 0 Å². The number of amidine groups is 1. The van der Waals surface area contributed by atoms with Crippen LogP contribution in [0.2, 0.25) is 0 Å². The largest absolute Gasteiger partial charge is 0.409 e. The van der Waals surface area contributed by atoms with Crippen LogP contribution in [0.1, 0.15) is 24.3 Å². The third-order valence-electron chi connectivity index (χ3n) is 4.23. The van der Waals surface area contributed by atoms with E-state index in [9.17, 15) is 0 Å². The van der Waals surface area contributed by atoms with Gasteiger partial charge < -0.3 is 15.7 Å². The van der Waals surface area contributed by atoms with Crippen molar-refractivity contribution in [3.8, 4) is 0 Å². The van der Waals surface area contributed by atoms with Gasteiger partial charge >= 0.3 is 0 Å². The Morgan fingerprint density at radius 2 is 1.95 bits per heavy atom. The topological polar surface area (TPSA) is 71.1 Å². The van der Waals surface area contributed by atoms with Crippen molar-refractivity contribution in [1.82, 2.24) is 4.90 Å². The van der Waals surface area contributed by atoms with Crippen molar-refractivity contribution in [2.24, 2.45) is 10.9 Å². The predicted octanol–water partition coefficient (Wildman–Crippen LogP) is 1.38. The number of rotatable bonds is 4. The fourth-order valence-corrected chi connectivity index (χ4v) is 3.23. The van der Waals surface area contributed by atoms with Gasteiger partial charge in [0.2, 0.25) is 0 Å². The minimum Gasteiger partial charge on any atom is -0.409 e. The lowest BCUT2D eigenvalue weighted by atomic mass is 9.97. The van der Waals surface area contributed by atoms with Gasteiger partial charge in [0.1, 0.15) is 5.84 Å². The SMILES string of the molecule is NC(=NO)C(CN1CC2CCC(C1)O2)c1ccccc1. The first-order valence-corrected chi connectivity index (χ1v) is 7.16. The van der Waals surface area contributed by atoms with Crippen molar-refractivity contribution in [3.05, 3.63) is 35.9 Å². The van der Waals surface area contributed by atoms with E-state index in [0.29, 0.717) is 12.2 Å². The minimum atomic E-state index is -0.0706. The highest BCUT2D eigenvalue weighted by Gasteiger charge is 2.35. The molecular formula is C15H21N3O2. The number of ether oxygens (including phenoxy) is 1. The molecule has 2 aliphatic heterocycles. The van der Waals surface area contributed by atoms with Crippen molar-refractivity contribution < 1.29 is 9.94 Å². The number of fused-ring (bicyclic) bond motifs is 2. The monoisotopic (exact) mass is 275 g/mol. The van der Waals surface area contributed by atoms with Crippen LogP contribution in [-0.4, -0.2) is 47.8 Å². The third-order valence-corrected chi connectivity index (χ3v) is 4.23. The van der Waals surface area contributed by atoms with Crippen LogP contribution in [-0.2, 0) is 4.74 Å². The van der Waals surface area contributed by atoms with Crippen LogP contribution in [0.3, 0.4) is 0 Å². The van der Waals surface area contributed by atoms with E-state index in [1.807, 2.05) is 30.3 Å². The van der Waals surface area contributed by atoms with Gasteiger partial charge in [-0.25, -0.2) is 0 Å². The number of hydrogen-bond donors (Lipinski definition) is 2. The molecule has 0 spiro atoms. The molecule has 108 valence electrons. The van der Waals surface area contributed by atoms with E-state index in [1.165, 1.54) is 0 Å². The van der Waals surface area contributed by atoms with Crippen molar-refractivity contribution in [2.45, 2.75) is 31.0 Å². The van der Waals surface area contributed by atoms with Gasteiger partial charge in [-0.3, -0.25) is 4.90 Å². The maximum Gasteiger partial charge on any atom is 0.147 e. The first kappa shape index (κ1) is 13.4. The predicted molar refractivity (Wildman–Crippen MR) is 76.9 cm³/mol. The second kappa shape index (κ2) is 5.81. The number of morpholine rings is 1.